The van der Waals surface area contributed by atoms with Crippen LogP contribution in [0.1, 0.15) is 18.6 Å². The second-order valence-corrected chi connectivity index (χ2v) is 3.76. The summed E-state index contributed by atoms with van der Waals surface area (Å²) < 4.78 is 11.1. The quantitative estimate of drug-likeness (QED) is 0.908. The molecule has 0 saturated heterocycles. The Kier molecular flexibility index (Phi) is 3.77. The highest BCUT2D eigenvalue weighted by Gasteiger charge is 2.12. The van der Waals surface area contributed by atoms with E-state index in [4.69, 9.17) is 9.47 Å². The molecular formula is C10H13BrO3. The van der Waals surface area contributed by atoms with Crippen LogP contribution < -0.4 is 9.47 Å². The highest BCUT2D eigenvalue weighted by Crippen LogP contribution is 2.35. The lowest BCUT2D eigenvalue weighted by Crippen LogP contribution is -1.97. The number of aliphatic hydroxyl groups is 1. The number of benzene rings is 1. The number of hydrogen-bond donors (Lipinski definition) is 1. The van der Waals surface area contributed by atoms with E-state index in [1.807, 2.05) is 0 Å². The molecule has 0 aromatic heterocycles. The van der Waals surface area contributed by atoms with Gasteiger partial charge < -0.3 is 14.6 Å². The topological polar surface area (TPSA) is 38.7 Å². The minimum absolute atomic E-state index is 0.538. The van der Waals surface area contributed by atoms with Gasteiger partial charge in [-0.1, -0.05) is 15.9 Å². The van der Waals surface area contributed by atoms with Crippen molar-refractivity contribution in [3.63, 3.8) is 0 Å². The number of ether oxygens (including phenoxy) is 2. The molecule has 1 atom stereocenters. The van der Waals surface area contributed by atoms with Crippen molar-refractivity contribution >= 4 is 15.9 Å². The van der Waals surface area contributed by atoms with Crippen LogP contribution in [0.3, 0.4) is 0 Å². The third-order valence-corrected chi connectivity index (χ3v) is 2.64. The second kappa shape index (κ2) is 4.66. The number of methoxy groups -OCH3 is 2. The van der Waals surface area contributed by atoms with Crippen molar-refractivity contribution in [2.45, 2.75) is 13.0 Å². The summed E-state index contributed by atoms with van der Waals surface area (Å²) in [5.74, 6) is 1.26. The summed E-state index contributed by atoms with van der Waals surface area (Å²) in [7, 11) is 3.14. The smallest absolute Gasteiger partial charge is 0.161 e. The van der Waals surface area contributed by atoms with Gasteiger partial charge >= 0.3 is 0 Å². The van der Waals surface area contributed by atoms with E-state index in [0.29, 0.717) is 11.5 Å². The largest absolute Gasteiger partial charge is 0.493 e. The van der Waals surface area contributed by atoms with Gasteiger partial charge in [0.05, 0.1) is 20.3 Å². The highest BCUT2D eigenvalue weighted by molar-refractivity contribution is 9.10. The number of hydrogen-bond acceptors (Lipinski definition) is 3. The summed E-state index contributed by atoms with van der Waals surface area (Å²) in [6.45, 7) is 1.70. The Labute approximate surface area is 91.8 Å². The van der Waals surface area contributed by atoms with Crippen LogP contribution in [0.25, 0.3) is 0 Å². The molecule has 0 aliphatic heterocycles. The molecule has 78 valence electrons. The molecule has 1 aromatic carbocycles. The van der Waals surface area contributed by atoms with E-state index in [-0.39, 0.29) is 0 Å². The molecule has 1 rings (SSSR count). The van der Waals surface area contributed by atoms with Gasteiger partial charge in [0, 0.05) is 4.47 Å². The van der Waals surface area contributed by atoms with Gasteiger partial charge in [-0.05, 0) is 24.6 Å². The fourth-order valence-corrected chi connectivity index (χ4v) is 1.84. The van der Waals surface area contributed by atoms with Crippen LogP contribution in [0.4, 0.5) is 0 Å². The summed E-state index contributed by atoms with van der Waals surface area (Å²) >= 11 is 3.36. The summed E-state index contributed by atoms with van der Waals surface area (Å²) in [6.07, 6.45) is -0.538. The van der Waals surface area contributed by atoms with Crippen molar-refractivity contribution in [2.24, 2.45) is 0 Å². The molecule has 0 saturated carbocycles. The molecule has 14 heavy (non-hydrogen) atoms. The Bertz CT molecular complexity index is 323. The van der Waals surface area contributed by atoms with Crippen molar-refractivity contribution in [2.75, 3.05) is 14.2 Å². The summed E-state index contributed by atoms with van der Waals surface area (Å²) in [5, 5.41) is 9.46. The normalized spacial score (nSPS) is 12.4. The third-order valence-electron chi connectivity index (χ3n) is 1.95. The number of aliphatic hydroxyl groups excluding tert-OH is 1. The van der Waals surface area contributed by atoms with Crippen molar-refractivity contribution < 1.29 is 14.6 Å². The fraction of sp³-hybridized carbons (Fsp3) is 0.400. The van der Waals surface area contributed by atoms with Gasteiger partial charge in [0.15, 0.2) is 11.5 Å². The van der Waals surface area contributed by atoms with Crippen molar-refractivity contribution in [1.82, 2.24) is 0 Å². The molecule has 4 heteroatoms. The molecule has 0 radical (unpaired) electrons. The first-order valence-electron chi connectivity index (χ1n) is 4.19. The number of halogens is 1. The van der Waals surface area contributed by atoms with Crippen molar-refractivity contribution in [3.05, 3.63) is 22.2 Å². The Balaban J connectivity index is 3.23. The highest BCUT2D eigenvalue weighted by atomic mass is 79.9. The van der Waals surface area contributed by atoms with Gasteiger partial charge in [-0.15, -0.1) is 0 Å². The molecule has 0 aliphatic rings. The van der Waals surface area contributed by atoms with Crippen LogP contribution in [-0.2, 0) is 0 Å². The zero-order valence-corrected chi connectivity index (χ0v) is 9.96. The van der Waals surface area contributed by atoms with E-state index in [1.54, 1.807) is 33.3 Å². The molecular weight excluding hydrogens is 248 g/mol. The van der Waals surface area contributed by atoms with E-state index in [9.17, 15) is 5.11 Å². The molecule has 1 aromatic rings. The first kappa shape index (κ1) is 11.3. The van der Waals surface area contributed by atoms with E-state index in [0.717, 1.165) is 10.0 Å². The molecule has 3 nitrogen and oxygen atoms in total. The van der Waals surface area contributed by atoms with Gasteiger partial charge in [-0.2, -0.15) is 0 Å². The summed E-state index contributed by atoms with van der Waals surface area (Å²) in [5.41, 5.74) is 0.780. The van der Waals surface area contributed by atoms with E-state index in [1.165, 1.54) is 0 Å². The summed E-state index contributed by atoms with van der Waals surface area (Å²) in [6, 6.07) is 3.54. The average Bonchev–Trinajstić information content (AvgIpc) is 2.16. The van der Waals surface area contributed by atoms with Crippen molar-refractivity contribution in [1.29, 1.82) is 0 Å². The predicted molar refractivity (Wildman–Crippen MR) is 57.9 cm³/mol. The average molecular weight is 261 g/mol. The molecule has 0 spiro atoms. The zero-order chi connectivity index (χ0) is 10.7. The molecule has 0 fully saturated rings. The second-order valence-electron chi connectivity index (χ2n) is 2.90. The van der Waals surface area contributed by atoms with Crippen LogP contribution in [0.2, 0.25) is 0 Å². The third kappa shape index (κ3) is 2.19. The van der Waals surface area contributed by atoms with Gasteiger partial charge in [0.1, 0.15) is 0 Å². The SMILES string of the molecule is COc1cc(Br)c(C(C)O)cc1OC. The van der Waals surface area contributed by atoms with Crippen LogP contribution in [0.15, 0.2) is 16.6 Å². The zero-order valence-electron chi connectivity index (χ0n) is 8.37. The molecule has 0 bridgehead atoms. The van der Waals surface area contributed by atoms with Gasteiger partial charge in [-0.3, -0.25) is 0 Å². The lowest BCUT2D eigenvalue weighted by atomic mass is 10.1. The van der Waals surface area contributed by atoms with E-state index < -0.39 is 6.10 Å². The monoisotopic (exact) mass is 260 g/mol. The minimum Gasteiger partial charge on any atom is -0.493 e. The lowest BCUT2D eigenvalue weighted by Gasteiger charge is -2.13. The Morgan fingerprint density at radius 3 is 2.14 bits per heavy atom. The van der Waals surface area contributed by atoms with Crippen LogP contribution in [-0.4, -0.2) is 19.3 Å². The van der Waals surface area contributed by atoms with Gasteiger partial charge in [-0.25, -0.2) is 0 Å². The van der Waals surface area contributed by atoms with E-state index in [2.05, 4.69) is 15.9 Å². The maximum Gasteiger partial charge on any atom is 0.161 e. The first-order valence-corrected chi connectivity index (χ1v) is 4.99. The maximum absolute atomic E-state index is 9.46. The minimum atomic E-state index is -0.538. The fourth-order valence-electron chi connectivity index (χ4n) is 1.19. The standard InChI is InChI=1S/C10H13BrO3/c1-6(12)7-4-9(13-2)10(14-3)5-8(7)11/h4-6,12H,1-3H3. The van der Waals surface area contributed by atoms with Crippen LogP contribution in [0.5, 0.6) is 11.5 Å². The Morgan fingerprint density at radius 1 is 1.21 bits per heavy atom. The van der Waals surface area contributed by atoms with Gasteiger partial charge in [0.2, 0.25) is 0 Å². The van der Waals surface area contributed by atoms with Crippen molar-refractivity contribution in [3.8, 4) is 11.5 Å². The van der Waals surface area contributed by atoms with Crippen LogP contribution in [0, 0.1) is 0 Å². The van der Waals surface area contributed by atoms with Crippen LogP contribution >= 0.6 is 15.9 Å². The Hall–Kier alpha value is -0.740. The lowest BCUT2D eigenvalue weighted by molar-refractivity contribution is 0.198. The predicted octanol–water partition coefficient (Wildman–Crippen LogP) is 2.52. The Morgan fingerprint density at radius 2 is 1.71 bits per heavy atom. The molecule has 1 unspecified atom stereocenters. The molecule has 1 N–H and O–H groups in total. The molecule has 0 amide bonds. The summed E-state index contributed by atoms with van der Waals surface area (Å²) in [4.78, 5) is 0. The molecule has 0 aliphatic carbocycles. The first-order chi connectivity index (χ1) is 6.60. The maximum atomic E-state index is 9.46. The van der Waals surface area contributed by atoms with E-state index >= 15 is 0 Å². The molecule has 0 heterocycles. The number of rotatable bonds is 3. The van der Waals surface area contributed by atoms with Gasteiger partial charge in [0.25, 0.3) is 0 Å².